The fourth-order valence-electron chi connectivity index (χ4n) is 4.21. The van der Waals surface area contributed by atoms with Crippen molar-refractivity contribution in [3.8, 4) is 11.3 Å². The SMILES string of the molecule is CC(=O)NS(=O)(=O)c1ccc(-c2[nH]ncc2CN2CCN(c3ccc(C(F)(F)F)cn3)[C@H](C)C2)cc1. The van der Waals surface area contributed by atoms with E-state index in [9.17, 15) is 26.4 Å². The minimum absolute atomic E-state index is 0.0238. The number of pyridine rings is 1. The summed E-state index contributed by atoms with van der Waals surface area (Å²) in [6, 6.07) is 8.60. The number of sulfonamides is 1. The lowest BCUT2D eigenvalue weighted by atomic mass is 10.1. The number of aromatic nitrogens is 3. The number of alkyl halides is 3. The average Bonchev–Trinajstić information content (AvgIpc) is 3.26. The minimum Gasteiger partial charge on any atom is -0.351 e. The monoisotopic (exact) mass is 522 g/mol. The zero-order valence-electron chi connectivity index (χ0n) is 19.6. The predicted molar refractivity (Wildman–Crippen MR) is 126 cm³/mol. The number of anilines is 1. The number of halogens is 3. The van der Waals surface area contributed by atoms with Crippen molar-refractivity contribution in [2.24, 2.45) is 0 Å². The number of hydrogen-bond acceptors (Lipinski definition) is 7. The van der Waals surface area contributed by atoms with Gasteiger partial charge in [0.05, 0.1) is 22.3 Å². The molecule has 1 amide bonds. The zero-order chi connectivity index (χ0) is 26.1. The molecule has 13 heteroatoms. The van der Waals surface area contributed by atoms with Gasteiger partial charge in [-0.05, 0) is 36.8 Å². The third-order valence-corrected chi connectivity index (χ3v) is 7.37. The van der Waals surface area contributed by atoms with E-state index in [0.29, 0.717) is 32.0 Å². The molecule has 2 N–H and O–H groups in total. The number of aromatic amines is 1. The number of benzene rings is 1. The van der Waals surface area contributed by atoms with Crippen LogP contribution in [-0.4, -0.2) is 60.1 Å². The normalized spacial score (nSPS) is 17.2. The number of hydrogen-bond donors (Lipinski definition) is 2. The summed E-state index contributed by atoms with van der Waals surface area (Å²) in [5.74, 6) is -0.160. The van der Waals surface area contributed by atoms with Gasteiger partial charge in [0.25, 0.3) is 10.0 Å². The Morgan fingerprint density at radius 1 is 1.14 bits per heavy atom. The van der Waals surface area contributed by atoms with E-state index in [-0.39, 0.29) is 10.9 Å². The van der Waals surface area contributed by atoms with E-state index in [0.717, 1.165) is 36.0 Å². The van der Waals surface area contributed by atoms with E-state index in [1.165, 1.54) is 18.2 Å². The van der Waals surface area contributed by atoms with E-state index >= 15 is 0 Å². The molecular formula is C23H25F3N6O3S. The highest BCUT2D eigenvalue weighted by atomic mass is 32.2. The molecule has 3 heterocycles. The van der Waals surface area contributed by atoms with E-state index in [1.807, 2.05) is 16.5 Å². The molecule has 0 radical (unpaired) electrons. The number of amides is 1. The number of nitrogens with one attached hydrogen (secondary N) is 2. The maximum absolute atomic E-state index is 12.8. The lowest BCUT2D eigenvalue weighted by Crippen LogP contribution is -2.51. The highest BCUT2D eigenvalue weighted by Crippen LogP contribution is 2.30. The fourth-order valence-corrected chi connectivity index (χ4v) is 5.20. The molecule has 1 aliphatic rings. The van der Waals surface area contributed by atoms with Crippen molar-refractivity contribution in [3.05, 3.63) is 59.9 Å². The third-order valence-electron chi connectivity index (χ3n) is 5.92. The molecule has 0 saturated carbocycles. The molecular weight excluding hydrogens is 497 g/mol. The van der Waals surface area contributed by atoms with Crippen LogP contribution in [-0.2, 0) is 27.5 Å². The van der Waals surface area contributed by atoms with Crippen LogP contribution in [0.25, 0.3) is 11.3 Å². The summed E-state index contributed by atoms with van der Waals surface area (Å²) < 4.78 is 64.8. The molecule has 0 bridgehead atoms. The second-order valence-electron chi connectivity index (χ2n) is 8.64. The molecule has 1 atom stereocenters. The Bertz CT molecular complexity index is 1320. The lowest BCUT2D eigenvalue weighted by molar-refractivity contribution is -0.137. The minimum atomic E-state index is -4.42. The summed E-state index contributed by atoms with van der Waals surface area (Å²) in [6.07, 6.45) is -1.84. The van der Waals surface area contributed by atoms with E-state index in [2.05, 4.69) is 20.1 Å². The van der Waals surface area contributed by atoms with Crippen LogP contribution >= 0.6 is 0 Å². The first-order valence-electron chi connectivity index (χ1n) is 11.1. The maximum atomic E-state index is 12.8. The van der Waals surface area contributed by atoms with Gasteiger partial charge in [0, 0.05) is 50.9 Å². The topological polar surface area (TPSA) is 111 Å². The Balaban J connectivity index is 1.42. The number of carbonyl (C=O) groups is 1. The van der Waals surface area contributed by atoms with Crippen LogP contribution in [0.3, 0.4) is 0 Å². The predicted octanol–water partition coefficient (Wildman–Crippen LogP) is 3.03. The van der Waals surface area contributed by atoms with Crippen molar-refractivity contribution in [1.82, 2.24) is 24.8 Å². The van der Waals surface area contributed by atoms with Crippen molar-refractivity contribution in [1.29, 1.82) is 0 Å². The molecule has 1 aliphatic heterocycles. The molecule has 0 spiro atoms. The Labute approximate surface area is 206 Å². The third kappa shape index (κ3) is 5.68. The largest absolute Gasteiger partial charge is 0.417 e. The highest BCUT2D eigenvalue weighted by Gasteiger charge is 2.32. The van der Waals surface area contributed by atoms with Crippen LogP contribution in [0.5, 0.6) is 0 Å². The van der Waals surface area contributed by atoms with Crippen molar-refractivity contribution in [2.45, 2.75) is 37.5 Å². The molecule has 1 fully saturated rings. The molecule has 4 rings (SSSR count). The maximum Gasteiger partial charge on any atom is 0.417 e. The van der Waals surface area contributed by atoms with Gasteiger partial charge in [-0.2, -0.15) is 18.3 Å². The van der Waals surface area contributed by atoms with Crippen LogP contribution in [0.15, 0.2) is 53.7 Å². The van der Waals surface area contributed by atoms with E-state index in [4.69, 9.17) is 0 Å². The first kappa shape index (κ1) is 25.6. The Hall–Kier alpha value is -3.45. The highest BCUT2D eigenvalue weighted by molar-refractivity contribution is 7.90. The van der Waals surface area contributed by atoms with Crippen molar-refractivity contribution in [3.63, 3.8) is 0 Å². The number of rotatable bonds is 6. The summed E-state index contributed by atoms with van der Waals surface area (Å²) in [7, 11) is -3.92. The first-order chi connectivity index (χ1) is 16.9. The molecule has 0 unspecified atom stereocenters. The van der Waals surface area contributed by atoms with Crippen LogP contribution in [0.1, 0.15) is 25.0 Å². The second kappa shape index (κ2) is 9.90. The fraction of sp³-hybridized carbons (Fsp3) is 0.348. The average molecular weight is 523 g/mol. The molecule has 3 aromatic rings. The first-order valence-corrected chi connectivity index (χ1v) is 12.6. The molecule has 2 aromatic heterocycles. The van der Waals surface area contributed by atoms with Gasteiger partial charge in [0.15, 0.2) is 0 Å². The summed E-state index contributed by atoms with van der Waals surface area (Å²) in [5, 5.41) is 7.10. The summed E-state index contributed by atoms with van der Waals surface area (Å²) in [6.45, 7) is 5.64. The number of H-pyrrole nitrogens is 1. The van der Waals surface area contributed by atoms with Crippen molar-refractivity contribution < 1.29 is 26.4 Å². The number of carbonyl (C=O) groups excluding carboxylic acids is 1. The standard InChI is InChI=1S/C23H25F3N6O3S/c1-15-13-31(9-10-32(15)21-8-5-19(12-27-21)23(24,25)26)14-18-11-28-29-22(18)17-3-6-20(7-4-17)36(34,35)30-16(2)33/h3-8,11-12,15H,9-10,13-14H2,1-2H3,(H,28,29)(H,30,33)/t15-/m1/s1. The summed E-state index contributed by atoms with van der Waals surface area (Å²) in [5.41, 5.74) is 1.63. The van der Waals surface area contributed by atoms with Crippen molar-refractivity contribution in [2.75, 3.05) is 24.5 Å². The van der Waals surface area contributed by atoms with Gasteiger partial charge < -0.3 is 4.90 Å². The Morgan fingerprint density at radius 3 is 2.44 bits per heavy atom. The quantitative estimate of drug-likeness (QED) is 0.512. The van der Waals surface area contributed by atoms with Gasteiger partial charge in [-0.25, -0.2) is 18.1 Å². The van der Waals surface area contributed by atoms with Gasteiger partial charge in [-0.3, -0.25) is 14.8 Å². The smallest absolute Gasteiger partial charge is 0.351 e. The molecule has 1 aromatic carbocycles. The van der Waals surface area contributed by atoms with Gasteiger partial charge >= 0.3 is 6.18 Å². The van der Waals surface area contributed by atoms with Crippen LogP contribution < -0.4 is 9.62 Å². The van der Waals surface area contributed by atoms with Crippen LogP contribution in [0, 0.1) is 0 Å². The van der Waals surface area contributed by atoms with Crippen LogP contribution in [0.4, 0.5) is 19.0 Å². The molecule has 9 nitrogen and oxygen atoms in total. The second-order valence-corrected chi connectivity index (χ2v) is 10.3. The van der Waals surface area contributed by atoms with E-state index in [1.54, 1.807) is 18.3 Å². The van der Waals surface area contributed by atoms with E-state index < -0.39 is 27.7 Å². The summed E-state index contributed by atoms with van der Waals surface area (Å²) >= 11 is 0. The Morgan fingerprint density at radius 2 is 1.86 bits per heavy atom. The van der Waals surface area contributed by atoms with Crippen molar-refractivity contribution >= 4 is 21.7 Å². The Kier molecular flexibility index (Phi) is 7.05. The number of piperazine rings is 1. The van der Waals surface area contributed by atoms with Gasteiger partial charge in [-0.15, -0.1) is 0 Å². The van der Waals surface area contributed by atoms with Gasteiger partial charge in [-0.1, -0.05) is 12.1 Å². The molecule has 192 valence electrons. The molecule has 1 saturated heterocycles. The molecule has 0 aliphatic carbocycles. The van der Waals surface area contributed by atoms with Gasteiger partial charge in [0.1, 0.15) is 5.82 Å². The molecule has 36 heavy (non-hydrogen) atoms. The van der Waals surface area contributed by atoms with Gasteiger partial charge in [0.2, 0.25) is 5.91 Å². The lowest BCUT2D eigenvalue weighted by Gasteiger charge is -2.40. The zero-order valence-corrected chi connectivity index (χ0v) is 20.4. The summed E-state index contributed by atoms with van der Waals surface area (Å²) in [4.78, 5) is 19.3. The van der Waals surface area contributed by atoms with Crippen LogP contribution in [0.2, 0.25) is 0 Å². The number of nitrogens with zero attached hydrogens (tertiary/aromatic N) is 4.